The SMILES string of the molecule is O=C(c1cc(-c2ccc3c(c2)CCC3=NO)c(-c2ccncc2)o1)N1CCN(Cc2ccc(Cl)cc2)CC1. The summed E-state index contributed by atoms with van der Waals surface area (Å²) in [5.74, 6) is 0.871. The lowest BCUT2D eigenvalue weighted by Gasteiger charge is -2.34. The zero-order valence-corrected chi connectivity index (χ0v) is 21.6. The molecule has 192 valence electrons. The Hall–Kier alpha value is -3.94. The summed E-state index contributed by atoms with van der Waals surface area (Å²) >= 11 is 6.01. The lowest BCUT2D eigenvalue weighted by Crippen LogP contribution is -2.48. The molecule has 6 rings (SSSR count). The number of aromatic nitrogens is 1. The van der Waals surface area contributed by atoms with Gasteiger partial charge in [-0.3, -0.25) is 14.7 Å². The van der Waals surface area contributed by atoms with Crippen LogP contribution in [0.2, 0.25) is 5.02 Å². The minimum absolute atomic E-state index is 0.103. The number of piperazine rings is 1. The van der Waals surface area contributed by atoms with Gasteiger partial charge in [-0.15, -0.1) is 0 Å². The largest absolute Gasteiger partial charge is 0.450 e. The third kappa shape index (κ3) is 4.83. The molecular formula is C30H27ClN4O3. The Morgan fingerprint density at radius 3 is 2.42 bits per heavy atom. The van der Waals surface area contributed by atoms with Crippen molar-refractivity contribution in [3.63, 3.8) is 0 Å². The first kappa shape index (κ1) is 24.4. The van der Waals surface area contributed by atoms with Crippen molar-refractivity contribution in [2.24, 2.45) is 5.16 Å². The molecule has 1 aliphatic heterocycles. The van der Waals surface area contributed by atoms with Gasteiger partial charge in [0.15, 0.2) is 5.76 Å². The molecule has 0 radical (unpaired) electrons. The number of fused-ring (bicyclic) bond motifs is 1. The van der Waals surface area contributed by atoms with Crippen molar-refractivity contribution in [2.75, 3.05) is 26.2 Å². The van der Waals surface area contributed by atoms with Crippen molar-refractivity contribution in [3.05, 3.63) is 101 Å². The maximum Gasteiger partial charge on any atom is 0.289 e. The summed E-state index contributed by atoms with van der Waals surface area (Å²) in [6.07, 6.45) is 4.97. The van der Waals surface area contributed by atoms with Gasteiger partial charge in [0.25, 0.3) is 5.91 Å². The third-order valence-electron chi connectivity index (χ3n) is 7.34. The summed E-state index contributed by atoms with van der Waals surface area (Å²) < 4.78 is 6.26. The van der Waals surface area contributed by atoms with E-state index in [4.69, 9.17) is 16.0 Å². The Bertz CT molecular complexity index is 1490. The molecule has 2 aromatic heterocycles. The lowest BCUT2D eigenvalue weighted by atomic mass is 9.98. The standard InChI is InChI=1S/C30H27ClN4O3/c31-24-5-1-20(2-6-24)19-34-13-15-35(16-14-34)30(36)28-18-26(29(38-28)21-9-11-32-12-10-21)23-3-7-25-22(17-23)4-8-27(25)33-37/h1-3,5-7,9-12,17-18,37H,4,8,13-16,19H2. The fraction of sp³-hybridized carbons (Fsp3) is 0.233. The molecule has 2 aromatic carbocycles. The number of halogens is 1. The average molecular weight is 527 g/mol. The molecule has 0 bridgehead atoms. The van der Waals surface area contributed by atoms with Crippen LogP contribution < -0.4 is 0 Å². The van der Waals surface area contributed by atoms with Crippen molar-refractivity contribution >= 4 is 23.2 Å². The van der Waals surface area contributed by atoms with Crippen LogP contribution in [0.5, 0.6) is 0 Å². The van der Waals surface area contributed by atoms with Gasteiger partial charge in [0.05, 0.1) is 5.71 Å². The monoisotopic (exact) mass is 526 g/mol. The van der Waals surface area contributed by atoms with Gasteiger partial charge in [-0.25, -0.2) is 0 Å². The molecule has 1 amide bonds. The molecule has 1 aliphatic carbocycles. The first-order chi connectivity index (χ1) is 18.6. The summed E-state index contributed by atoms with van der Waals surface area (Å²) in [5, 5.41) is 13.5. The molecule has 0 atom stereocenters. The summed E-state index contributed by atoms with van der Waals surface area (Å²) in [7, 11) is 0. The summed E-state index contributed by atoms with van der Waals surface area (Å²) in [4.78, 5) is 21.9. The van der Waals surface area contributed by atoms with Crippen molar-refractivity contribution in [1.82, 2.24) is 14.8 Å². The van der Waals surface area contributed by atoms with Gasteiger partial charge >= 0.3 is 0 Å². The normalized spacial score (nSPS) is 16.7. The van der Waals surface area contributed by atoms with Gasteiger partial charge in [-0.1, -0.05) is 47.1 Å². The number of hydrogen-bond acceptors (Lipinski definition) is 6. The molecule has 7 nitrogen and oxygen atoms in total. The molecule has 1 fully saturated rings. The van der Waals surface area contributed by atoms with Crippen LogP contribution >= 0.6 is 11.6 Å². The van der Waals surface area contributed by atoms with Crippen LogP contribution in [0.3, 0.4) is 0 Å². The number of pyridine rings is 1. The molecule has 0 unspecified atom stereocenters. The second-order valence-electron chi connectivity index (χ2n) is 9.70. The number of rotatable bonds is 5. The molecule has 1 N–H and O–H groups in total. The Labute approximate surface area is 226 Å². The quantitative estimate of drug-likeness (QED) is 0.265. The Morgan fingerprint density at radius 1 is 0.921 bits per heavy atom. The maximum atomic E-state index is 13.5. The second-order valence-corrected chi connectivity index (χ2v) is 10.1. The molecular weight excluding hydrogens is 500 g/mol. The number of nitrogens with zero attached hydrogens (tertiary/aromatic N) is 4. The van der Waals surface area contributed by atoms with Gasteiger partial charge in [-0.05, 0) is 59.9 Å². The van der Waals surface area contributed by atoms with E-state index in [1.54, 1.807) is 12.4 Å². The molecule has 0 spiro atoms. The highest BCUT2D eigenvalue weighted by atomic mass is 35.5. The van der Waals surface area contributed by atoms with Crippen LogP contribution in [0.4, 0.5) is 0 Å². The van der Waals surface area contributed by atoms with E-state index in [-0.39, 0.29) is 5.91 Å². The minimum Gasteiger partial charge on any atom is -0.450 e. The lowest BCUT2D eigenvalue weighted by molar-refractivity contribution is 0.0598. The second kappa shape index (κ2) is 10.4. The van der Waals surface area contributed by atoms with Crippen molar-refractivity contribution < 1.29 is 14.4 Å². The summed E-state index contributed by atoms with van der Waals surface area (Å²) in [6, 6.07) is 19.6. The number of carbonyl (C=O) groups is 1. The van der Waals surface area contributed by atoms with Gasteiger partial charge < -0.3 is 14.5 Å². The molecule has 3 heterocycles. The zero-order chi connectivity index (χ0) is 26.1. The summed E-state index contributed by atoms with van der Waals surface area (Å²) in [6.45, 7) is 3.68. The fourth-order valence-corrected chi connectivity index (χ4v) is 5.41. The number of aryl methyl sites for hydroxylation is 1. The number of carbonyl (C=O) groups excluding carboxylic acids is 1. The molecule has 8 heteroatoms. The van der Waals surface area contributed by atoms with Crippen LogP contribution in [-0.4, -0.2) is 57.8 Å². The highest BCUT2D eigenvalue weighted by molar-refractivity contribution is 6.30. The third-order valence-corrected chi connectivity index (χ3v) is 7.60. The van der Waals surface area contributed by atoms with E-state index in [1.165, 1.54) is 5.56 Å². The number of hydrogen-bond donors (Lipinski definition) is 1. The average Bonchev–Trinajstić information content (AvgIpc) is 3.59. The van der Waals surface area contributed by atoms with E-state index in [9.17, 15) is 10.0 Å². The van der Waals surface area contributed by atoms with Crippen LogP contribution in [0.15, 0.2) is 82.6 Å². The maximum absolute atomic E-state index is 13.5. The van der Waals surface area contributed by atoms with E-state index in [0.717, 1.165) is 58.9 Å². The van der Waals surface area contributed by atoms with E-state index in [0.29, 0.717) is 36.7 Å². The highest BCUT2D eigenvalue weighted by Crippen LogP contribution is 2.37. The predicted octanol–water partition coefficient (Wildman–Crippen LogP) is 5.74. The van der Waals surface area contributed by atoms with Crippen LogP contribution in [0.25, 0.3) is 22.5 Å². The van der Waals surface area contributed by atoms with Gasteiger partial charge in [-0.2, -0.15) is 0 Å². The Morgan fingerprint density at radius 2 is 1.68 bits per heavy atom. The van der Waals surface area contributed by atoms with E-state index < -0.39 is 0 Å². The van der Waals surface area contributed by atoms with Crippen molar-refractivity contribution in [2.45, 2.75) is 19.4 Å². The molecule has 2 aliphatic rings. The Balaban J connectivity index is 1.24. The smallest absolute Gasteiger partial charge is 0.289 e. The van der Waals surface area contributed by atoms with E-state index in [2.05, 4.69) is 21.1 Å². The number of benzene rings is 2. The molecule has 4 aromatic rings. The van der Waals surface area contributed by atoms with Gasteiger partial charge in [0, 0.05) is 66.8 Å². The fourth-order valence-electron chi connectivity index (χ4n) is 5.28. The zero-order valence-electron chi connectivity index (χ0n) is 20.8. The topological polar surface area (TPSA) is 82.2 Å². The van der Waals surface area contributed by atoms with E-state index in [1.807, 2.05) is 59.5 Å². The van der Waals surface area contributed by atoms with Crippen LogP contribution in [0, 0.1) is 0 Å². The summed E-state index contributed by atoms with van der Waals surface area (Å²) in [5.41, 5.74) is 6.70. The van der Waals surface area contributed by atoms with Crippen molar-refractivity contribution in [3.8, 4) is 22.5 Å². The number of oxime groups is 1. The first-order valence-electron chi connectivity index (χ1n) is 12.7. The molecule has 0 saturated carbocycles. The van der Waals surface area contributed by atoms with Crippen LogP contribution in [-0.2, 0) is 13.0 Å². The van der Waals surface area contributed by atoms with Gasteiger partial charge in [0.1, 0.15) is 5.76 Å². The molecule has 1 saturated heterocycles. The predicted molar refractivity (Wildman–Crippen MR) is 147 cm³/mol. The molecule has 38 heavy (non-hydrogen) atoms. The van der Waals surface area contributed by atoms with Gasteiger partial charge in [0.2, 0.25) is 0 Å². The first-order valence-corrected chi connectivity index (χ1v) is 13.1. The van der Waals surface area contributed by atoms with Crippen LogP contribution in [0.1, 0.15) is 33.7 Å². The Kier molecular flexibility index (Phi) is 6.70. The highest BCUT2D eigenvalue weighted by Gasteiger charge is 2.27. The van der Waals surface area contributed by atoms with Crippen molar-refractivity contribution in [1.29, 1.82) is 0 Å². The number of amides is 1. The number of furan rings is 1. The minimum atomic E-state index is -0.103. The van der Waals surface area contributed by atoms with E-state index >= 15 is 0 Å².